The summed E-state index contributed by atoms with van der Waals surface area (Å²) in [6.45, 7) is 11.3. The Morgan fingerprint density at radius 3 is 1.88 bits per heavy atom. The van der Waals surface area contributed by atoms with Gasteiger partial charge in [-0.05, 0) is 56.9 Å². The molecule has 1 unspecified atom stereocenters. The van der Waals surface area contributed by atoms with Crippen molar-refractivity contribution in [2.75, 3.05) is 67.9 Å². The molecule has 0 spiro atoms. The minimum absolute atomic E-state index is 0.328. The van der Waals surface area contributed by atoms with Gasteiger partial charge in [-0.15, -0.1) is 0 Å². The number of rotatable bonds is 23. The molecule has 10 heteroatoms. The zero-order chi connectivity index (χ0) is 24.3. The Morgan fingerprint density at radius 2 is 1.34 bits per heavy atom. The summed E-state index contributed by atoms with van der Waals surface area (Å²) in [6, 6.07) is 0.839. The van der Waals surface area contributed by atoms with Crippen LogP contribution in [0.15, 0.2) is 0 Å². The van der Waals surface area contributed by atoms with Crippen LogP contribution in [0.4, 0.5) is 0 Å². The number of hydrogen-bond acceptors (Lipinski definition) is 7. The largest absolute Gasteiger partial charge is 0.500 e. The molecule has 194 valence electrons. The van der Waals surface area contributed by atoms with Crippen molar-refractivity contribution in [1.29, 1.82) is 0 Å². The van der Waals surface area contributed by atoms with E-state index in [0.29, 0.717) is 5.16 Å². The van der Waals surface area contributed by atoms with Gasteiger partial charge in [0, 0.05) is 51.1 Å². The van der Waals surface area contributed by atoms with Gasteiger partial charge in [-0.2, -0.15) is 0 Å². The first-order valence-corrected chi connectivity index (χ1v) is 18.7. The number of hydrogen-bond donors (Lipinski definition) is 1. The monoisotopic (exact) mass is 510 g/mol. The fourth-order valence-electron chi connectivity index (χ4n) is 4.27. The molecule has 0 radical (unpaired) electrons. The molecule has 0 saturated heterocycles. The van der Waals surface area contributed by atoms with E-state index in [1.165, 1.54) is 58.2 Å². The molecule has 0 aromatic carbocycles. The highest BCUT2D eigenvalue weighted by molar-refractivity contribution is 6.77. The van der Waals surface area contributed by atoms with Gasteiger partial charge in [0.25, 0.3) is 0 Å². The third-order valence-electron chi connectivity index (χ3n) is 6.91. The fraction of sp³-hybridized carbons (Fsp3) is 1.00. The Morgan fingerprint density at radius 1 is 0.781 bits per heavy atom. The molecular weight excluding hydrogens is 457 g/mol. The van der Waals surface area contributed by atoms with Crippen LogP contribution in [0.25, 0.3) is 0 Å². The second-order valence-electron chi connectivity index (χ2n) is 8.64. The summed E-state index contributed by atoms with van der Waals surface area (Å²) in [6.07, 6.45) is 10.00. The van der Waals surface area contributed by atoms with E-state index in [4.69, 9.17) is 22.1 Å². The van der Waals surface area contributed by atoms with Gasteiger partial charge in [0.1, 0.15) is 0 Å². The predicted octanol–water partition coefficient (Wildman–Crippen LogP) is 3.35. The van der Waals surface area contributed by atoms with Gasteiger partial charge in [0.05, 0.1) is 0 Å². The standard InChI is InChI=1S/C22H54N2O5Si3/c1-9-24(10-2)19-15-13-11-12-14-17-22(31(8,25-3)26-4)30-21-23-18-16-20-32(27-5,28-6)29-7/h22-23H,9-21,30H2,1-8H3. The van der Waals surface area contributed by atoms with Gasteiger partial charge in [-0.1, -0.05) is 46.0 Å². The van der Waals surface area contributed by atoms with Crippen LogP contribution < -0.4 is 5.32 Å². The van der Waals surface area contributed by atoms with Crippen molar-refractivity contribution < 1.29 is 22.1 Å². The molecular formula is C22H54N2O5Si3. The summed E-state index contributed by atoms with van der Waals surface area (Å²) in [7, 11) is 3.84. The van der Waals surface area contributed by atoms with Crippen LogP contribution in [0, 0.1) is 0 Å². The topological polar surface area (TPSA) is 61.4 Å². The molecule has 0 heterocycles. The lowest BCUT2D eigenvalue weighted by atomic mass is 10.1. The summed E-state index contributed by atoms with van der Waals surface area (Å²) in [5.41, 5.74) is 0. The Kier molecular flexibility index (Phi) is 19.9. The first-order chi connectivity index (χ1) is 15.4. The van der Waals surface area contributed by atoms with E-state index < -0.39 is 17.4 Å². The number of nitrogens with one attached hydrogen (secondary N) is 1. The molecule has 0 fully saturated rings. The van der Waals surface area contributed by atoms with Crippen LogP contribution >= 0.6 is 0 Å². The van der Waals surface area contributed by atoms with Crippen LogP contribution in [0.2, 0.25) is 17.8 Å². The van der Waals surface area contributed by atoms with Crippen molar-refractivity contribution in [3.8, 4) is 0 Å². The average Bonchev–Trinajstić information content (AvgIpc) is 2.84. The van der Waals surface area contributed by atoms with Crippen molar-refractivity contribution in [2.24, 2.45) is 0 Å². The lowest BCUT2D eigenvalue weighted by Crippen LogP contribution is -2.46. The normalized spacial score (nSPS) is 14.2. The highest BCUT2D eigenvalue weighted by atomic mass is 28.4. The van der Waals surface area contributed by atoms with Crippen LogP contribution in [0.3, 0.4) is 0 Å². The van der Waals surface area contributed by atoms with Crippen LogP contribution in [0.5, 0.6) is 0 Å². The molecule has 0 bridgehead atoms. The maximum atomic E-state index is 5.94. The highest BCUT2D eigenvalue weighted by Gasteiger charge is 2.39. The molecule has 1 N–H and O–H groups in total. The van der Waals surface area contributed by atoms with E-state index in [2.05, 4.69) is 30.6 Å². The third-order valence-corrected chi connectivity index (χ3v) is 18.0. The lowest BCUT2D eigenvalue weighted by molar-refractivity contribution is 0.123. The van der Waals surface area contributed by atoms with Gasteiger partial charge >= 0.3 is 17.4 Å². The van der Waals surface area contributed by atoms with Crippen LogP contribution in [-0.4, -0.2) is 99.7 Å². The van der Waals surface area contributed by atoms with Gasteiger partial charge in [-0.25, -0.2) is 0 Å². The Labute approximate surface area is 203 Å². The van der Waals surface area contributed by atoms with E-state index in [1.54, 1.807) is 21.3 Å². The van der Waals surface area contributed by atoms with Gasteiger partial charge < -0.3 is 32.3 Å². The van der Waals surface area contributed by atoms with Crippen LogP contribution in [0.1, 0.15) is 58.8 Å². The smallest absolute Gasteiger partial charge is 0.398 e. The highest BCUT2D eigenvalue weighted by Crippen LogP contribution is 2.28. The van der Waals surface area contributed by atoms with Gasteiger partial charge in [-0.3, -0.25) is 0 Å². The number of unbranched alkanes of at least 4 members (excludes halogenated alkanes) is 4. The molecule has 0 aliphatic carbocycles. The van der Waals surface area contributed by atoms with Crippen molar-refractivity contribution in [2.45, 2.75) is 76.5 Å². The molecule has 0 rings (SSSR count). The maximum absolute atomic E-state index is 5.94. The zero-order valence-electron chi connectivity index (χ0n) is 22.5. The maximum Gasteiger partial charge on any atom is 0.500 e. The lowest BCUT2D eigenvalue weighted by Gasteiger charge is -2.32. The predicted molar refractivity (Wildman–Crippen MR) is 142 cm³/mol. The summed E-state index contributed by atoms with van der Waals surface area (Å²) in [5, 5.41) is 4.29. The van der Waals surface area contributed by atoms with E-state index in [-0.39, 0.29) is 9.52 Å². The average molecular weight is 511 g/mol. The minimum atomic E-state index is -2.45. The molecule has 1 atom stereocenters. The Hall–Kier alpha value is 0.371. The van der Waals surface area contributed by atoms with E-state index in [1.807, 2.05) is 14.2 Å². The summed E-state index contributed by atoms with van der Waals surface area (Å²) in [5.74, 6) is 0. The number of nitrogens with zero attached hydrogens (tertiary/aromatic N) is 1. The Balaban J connectivity index is 4.26. The SMILES string of the molecule is CCN(CC)CCCCCCCC([SiH2]CNCCC[Si](OC)(OC)OC)[Si](C)(OC)OC. The first kappa shape index (κ1) is 32.4. The second-order valence-corrected chi connectivity index (χ2v) is 18.3. The van der Waals surface area contributed by atoms with Crippen LogP contribution in [-0.2, 0) is 22.1 Å². The van der Waals surface area contributed by atoms with E-state index >= 15 is 0 Å². The molecule has 0 saturated carbocycles. The third kappa shape index (κ3) is 12.7. The fourth-order valence-corrected chi connectivity index (χ4v) is 12.5. The first-order valence-electron chi connectivity index (χ1n) is 12.6. The minimum Gasteiger partial charge on any atom is -0.398 e. The van der Waals surface area contributed by atoms with Crippen molar-refractivity contribution >= 4 is 26.9 Å². The van der Waals surface area contributed by atoms with Gasteiger partial charge in [0.15, 0.2) is 0 Å². The molecule has 0 aliphatic heterocycles. The molecule has 0 aromatic rings. The summed E-state index contributed by atoms with van der Waals surface area (Å²) < 4.78 is 28.4. The molecule has 32 heavy (non-hydrogen) atoms. The van der Waals surface area contributed by atoms with Crippen molar-refractivity contribution in [1.82, 2.24) is 10.2 Å². The Bertz CT molecular complexity index is 418. The molecule has 7 nitrogen and oxygen atoms in total. The summed E-state index contributed by atoms with van der Waals surface area (Å²) >= 11 is 0. The van der Waals surface area contributed by atoms with Crippen molar-refractivity contribution in [3.05, 3.63) is 0 Å². The van der Waals surface area contributed by atoms with E-state index in [9.17, 15) is 0 Å². The quantitative estimate of drug-likeness (QED) is 0.167. The summed E-state index contributed by atoms with van der Waals surface area (Å²) in [4.78, 5) is 2.52. The van der Waals surface area contributed by atoms with E-state index in [0.717, 1.165) is 25.2 Å². The molecule has 0 aliphatic rings. The van der Waals surface area contributed by atoms with Gasteiger partial charge in [0.2, 0.25) is 0 Å². The molecule has 0 amide bonds. The van der Waals surface area contributed by atoms with Crippen molar-refractivity contribution in [3.63, 3.8) is 0 Å². The molecule has 0 aromatic heterocycles. The zero-order valence-corrected chi connectivity index (χ0v) is 25.9. The second kappa shape index (κ2) is 19.7.